The minimum atomic E-state index is -1.06. The maximum absolute atomic E-state index is 14.5. The molecule has 8 nitrogen and oxygen atoms in total. The predicted octanol–water partition coefficient (Wildman–Crippen LogP) is 8.26. The molecule has 0 saturated heterocycles. The van der Waals surface area contributed by atoms with Crippen LogP contribution in [0.15, 0.2) is 152 Å². The molecule has 2 N–H and O–H groups in total. The molecule has 268 valence electrons. The van der Waals surface area contributed by atoms with E-state index in [1.54, 1.807) is 25.7 Å². The van der Waals surface area contributed by atoms with Crippen LogP contribution in [0.25, 0.3) is 0 Å². The Bertz CT molecular complexity index is 1750. The lowest BCUT2D eigenvalue weighted by molar-refractivity contribution is -0.122. The Morgan fingerprint density at radius 1 is 0.635 bits per heavy atom. The molecule has 0 saturated carbocycles. The van der Waals surface area contributed by atoms with E-state index < -0.39 is 29.4 Å². The zero-order valence-corrected chi connectivity index (χ0v) is 30.0. The number of hydrogen-bond donors (Lipinski definition) is 2. The van der Waals surface area contributed by atoms with Crippen LogP contribution in [0.2, 0.25) is 0 Å². The van der Waals surface area contributed by atoms with E-state index in [-0.39, 0.29) is 25.5 Å². The average molecular weight is 698 g/mol. The number of rotatable bonds is 14. The molecule has 0 aliphatic heterocycles. The van der Waals surface area contributed by atoms with Crippen molar-refractivity contribution in [3.05, 3.63) is 179 Å². The maximum Gasteiger partial charge on any atom is 0.410 e. The Hall–Kier alpha value is -5.89. The Balaban J connectivity index is 1.46. The first kappa shape index (κ1) is 37.4. The Morgan fingerprint density at radius 2 is 1.08 bits per heavy atom. The van der Waals surface area contributed by atoms with Gasteiger partial charge in [0.2, 0.25) is 5.91 Å². The third-order valence-electron chi connectivity index (χ3n) is 8.52. The average Bonchev–Trinajstić information content (AvgIpc) is 3.15. The highest BCUT2D eigenvalue weighted by atomic mass is 16.6. The maximum atomic E-state index is 14.5. The summed E-state index contributed by atoms with van der Waals surface area (Å²) >= 11 is 0. The summed E-state index contributed by atoms with van der Waals surface area (Å²) in [6, 6.07) is 47.9. The molecule has 3 amide bonds. The van der Waals surface area contributed by atoms with E-state index in [0.29, 0.717) is 13.0 Å². The molecule has 52 heavy (non-hydrogen) atoms. The lowest BCUT2D eigenvalue weighted by atomic mass is 9.77. The summed E-state index contributed by atoms with van der Waals surface area (Å²) in [6.45, 7) is 5.70. The third-order valence-corrected chi connectivity index (χ3v) is 8.52. The highest BCUT2D eigenvalue weighted by Crippen LogP contribution is 2.37. The van der Waals surface area contributed by atoms with Crippen molar-refractivity contribution in [3.8, 4) is 0 Å². The number of nitrogens with zero attached hydrogens (tertiary/aromatic N) is 1. The van der Waals surface area contributed by atoms with Crippen LogP contribution in [-0.2, 0) is 32.8 Å². The lowest BCUT2D eigenvalue weighted by Gasteiger charge is -2.37. The fraction of sp³-hybridized carbons (Fsp3) is 0.250. The lowest BCUT2D eigenvalue weighted by Crippen LogP contribution is -2.52. The predicted molar refractivity (Wildman–Crippen MR) is 203 cm³/mol. The number of carbonyl (C=O) groups is 3. The van der Waals surface area contributed by atoms with Crippen molar-refractivity contribution in [2.75, 3.05) is 13.1 Å². The minimum Gasteiger partial charge on any atom is -0.445 e. The summed E-state index contributed by atoms with van der Waals surface area (Å²) in [5.74, 6) is -0.335. The van der Waals surface area contributed by atoms with E-state index in [1.807, 2.05) is 152 Å². The van der Waals surface area contributed by atoms with Crippen LogP contribution in [-0.4, -0.2) is 47.7 Å². The summed E-state index contributed by atoms with van der Waals surface area (Å²) < 4.78 is 11.4. The number of nitrogens with one attached hydrogen (secondary N) is 2. The Kier molecular flexibility index (Phi) is 12.8. The second kappa shape index (κ2) is 17.9. The summed E-state index contributed by atoms with van der Waals surface area (Å²) in [6.07, 6.45) is -0.845. The smallest absolute Gasteiger partial charge is 0.410 e. The van der Waals surface area contributed by atoms with Gasteiger partial charge in [0, 0.05) is 19.5 Å². The molecular formula is C44H47N3O5. The topological polar surface area (TPSA) is 97.0 Å². The Labute approximate surface area is 306 Å². The van der Waals surface area contributed by atoms with Crippen LogP contribution in [0, 0.1) is 0 Å². The monoisotopic (exact) mass is 697 g/mol. The van der Waals surface area contributed by atoms with Gasteiger partial charge < -0.3 is 25.0 Å². The first-order chi connectivity index (χ1) is 25.1. The molecule has 1 unspecified atom stereocenters. The second-order valence-electron chi connectivity index (χ2n) is 13.7. The van der Waals surface area contributed by atoms with Gasteiger partial charge in [0.15, 0.2) is 0 Å². The van der Waals surface area contributed by atoms with E-state index in [1.165, 1.54) is 0 Å². The van der Waals surface area contributed by atoms with E-state index in [9.17, 15) is 14.4 Å². The normalized spacial score (nSPS) is 11.9. The van der Waals surface area contributed by atoms with Crippen LogP contribution in [0.4, 0.5) is 9.59 Å². The molecule has 5 rings (SSSR count). The van der Waals surface area contributed by atoms with Gasteiger partial charge in [0.25, 0.3) is 0 Å². The largest absolute Gasteiger partial charge is 0.445 e. The van der Waals surface area contributed by atoms with Crippen molar-refractivity contribution < 1.29 is 23.9 Å². The molecule has 0 radical (unpaired) electrons. The third kappa shape index (κ3) is 10.6. The standard InChI is InChI=1S/C44H47N3O5/c1-43(2,3)52-41(49)45-39(32-47(30-29-34-19-9-4-10-20-34)42(50)51-33-35-21-11-5-12-22-35)31-40(48)46-44(36-23-13-6-14-24-36,37-25-15-7-16-26-37)38-27-17-8-18-28-38/h4-28,39H,29-33H2,1-3H3,(H,45,49)(H,46,48). The molecular weight excluding hydrogens is 651 g/mol. The highest BCUT2D eigenvalue weighted by Gasteiger charge is 2.38. The molecule has 0 spiro atoms. The number of benzene rings is 5. The molecule has 0 aliphatic carbocycles. The second-order valence-corrected chi connectivity index (χ2v) is 13.7. The fourth-order valence-electron chi connectivity index (χ4n) is 6.14. The number of carbonyl (C=O) groups excluding carboxylic acids is 3. The van der Waals surface area contributed by atoms with Crippen molar-refractivity contribution in [1.82, 2.24) is 15.5 Å². The van der Waals surface area contributed by atoms with Gasteiger partial charge in [-0.2, -0.15) is 0 Å². The summed E-state index contributed by atoms with van der Waals surface area (Å²) in [7, 11) is 0. The minimum absolute atomic E-state index is 0.00211. The highest BCUT2D eigenvalue weighted by molar-refractivity contribution is 5.81. The number of hydrogen-bond acceptors (Lipinski definition) is 5. The number of amides is 3. The van der Waals surface area contributed by atoms with Gasteiger partial charge in [-0.15, -0.1) is 0 Å². The van der Waals surface area contributed by atoms with Crippen molar-refractivity contribution in [2.24, 2.45) is 0 Å². The molecule has 0 aliphatic rings. The molecule has 0 aromatic heterocycles. The molecule has 5 aromatic rings. The summed E-state index contributed by atoms with van der Waals surface area (Å²) in [5.41, 5.74) is 2.65. The summed E-state index contributed by atoms with van der Waals surface area (Å²) in [4.78, 5) is 43.0. The molecule has 5 aromatic carbocycles. The van der Waals surface area contributed by atoms with Gasteiger partial charge in [0.05, 0.1) is 6.04 Å². The fourth-order valence-corrected chi connectivity index (χ4v) is 6.14. The van der Waals surface area contributed by atoms with E-state index in [4.69, 9.17) is 9.47 Å². The molecule has 0 heterocycles. The molecule has 0 bridgehead atoms. The van der Waals surface area contributed by atoms with Crippen molar-refractivity contribution in [3.63, 3.8) is 0 Å². The number of ether oxygens (including phenoxy) is 2. The first-order valence-corrected chi connectivity index (χ1v) is 17.6. The van der Waals surface area contributed by atoms with Crippen LogP contribution in [0.1, 0.15) is 55.0 Å². The molecule has 1 atom stereocenters. The number of alkyl carbamates (subject to hydrolysis) is 1. The van der Waals surface area contributed by atoms with Gasteiger partial charge in [0.1, 0.15) is 17.7 Å². The van der Waals surface area contributed by atoms with E-state index >= 15 is 0 Å². The van der Waals surface area contributed by atoms with Gasteiger partial charge in [-0.25, -0.2) is 9.59 Å². The van der Waals surface area contributed by atoms with Gasteiger partial charge in [-0.05, 0) is 55.0 Å². The molecule has 8 heteroatoms. The van der Waals surface area contributed by atoms with Crippen molar-refractivity contribution in [2.45, 2.75) is 57.4 Å². The van der Waals surface area contributed by atoms with Gasteiger partial charge >= 0.3 is 12.2 Å². The summed E-state index contributed by atoms with van der Waals surface area (Å²) in [5, 5.41) is 6.27. The van der Waals surface area contributed by atoms with Crippen LogP contribution < -0.4 is 10.6 Å². The van der Waals surface area contributed by atoms with Crippen molar-refractivity contribution >= 4 is 18.1 Å². The zero-order valence-electron chi connectivity index (χ0n) is 30.0. The van der Waals surface area contributed by atoms with Crippen LogP contribution in [0.5, 0.6) is 0 Å². The van der Waals surface area contributed by atoms with Gasteiger partial charge in [-0.3, -0.25) is 4.79 Å². The SMILES string of the molecule is CC(C)(C)OC(=O)NC(CC(=O)NC(c1ccccc1)(c1ccccc1)c1ccccc1)CN(CCc1ccccc1)C(=O)OCc1ccccc1. The van der Waals surface area contributed by atoms with E-state index in [2.05, 4.69) is 10.6 Å². The van der Waals surface area contributed by atoms with Gasteiger partial charge in [-0.1, -0.05) is 152 Å². The van der Waals surface area contributed by atoms with Crippen LogP contribution >= 0.6 is 0 Å². The zero-order chi connectivity index (χ0) is 36.8. The van der Waals surface area contributed by atoms with Crippen LogP contribution in [0.3, 0.4) is 0 Å². The quantitative estimate of drug-likeness (QED) is 0.114. The Morgan fingerprint density at radius 3 is 1.54 bits per heavy atom. The van der Waals surface area contributed by atoms with Crippen molar-refractivity contribution in [1.29, 1.82) is 0 Å². The first-order valence-electron chi connectivity index (χ1n) is 17.6. The van der Waals surface area contributed by atoms with E-state index in [0.717, 1.165) is 27.8 Å². The molecule has 0 fully saturated rings.